The molecule has 1 unspecified atom stereocenters. The topological polar surface area (TPSA) is 96.5 Å². The molecule has 2 aliphatic rings. The van der Waals surface area contributed by atoms with Gasteiger partial charge in [-0.1, -0.05) is 0 Å². The van der Waals surface area contributed by atoms with Crippen molar-refractivity contribution in [3.63, 3.8) is 0 Å². The summed E-state index contributed by atoms with van der Waals surface area (Å²) >= 11 is 0. The van der Waals surface area contributed by atoms with Crippen LogP contribution in [0.2, 0.25) is 0 Å². The van der Waals surface area contributed by atoms with E-state index in [0.717, 1.165) is 29.8 Å². The molecule has 1 saturated heterocycles. The molecule has 0 saturated carbocycles. The number of methoxy groups -OCH3 is 1. The zero-order valence-electron chi connectivity index (χ0n) is 23.3. The number of piperidine rings is 1. The molecule has 0 radical (unpaired) electrons. The number of hydrogen-bond donors (Lipinski definition) is 0. The van der Waals surface area contributed by atoms with Crippen molar-refractivity contribution in [3.05, 3.63) is 41.7 Å². The zero-order chi connectivity index (χ0) is 27.7. The minimum absolute atomic E-state index is 0.0419. The number of hydrogen-bond acceptors (Lipinski definition) is 7. The highest BCUT2D eigenvalue weighted by Gasteiger charge is 2.30. The first kappa shape index (κ1) is 27.1. The number of fused-ring (bicyclic) bond motifs is 1. The lowest BCUT2D eigenvalue weighted by molar-refractivity contribution is 0.0163. The van der Waals surface area contributed by atoms with Crippen LogP contribution in [0.4, 0.5) is 9.18 Å². The minimum atomic E-state index is -0.525. The van der Waals surface area contributed by atoms with Gasteiger partial charge in [0, 0.05) is 36.8 Å². The Balaban J connectivity index is 1.36. The van der Waals surface area contributed by atoms with Gasteiger partial charge in [0.25, 0.3) is 0 Å². The lowest BCUT2D eigenvalue weighted by Gasteiger charge is -2.35. The van der Waals surface area contributed by atoms with Gasteiger partial charge in [0.2, 0.25) is 5.88 Å². The molecule has 1 fully saturated rings. The fourth-order valence-electron chi connectivity index (χ4n) is 5.37. The quantitative estimate of drug-likeness (QED) is 0.467. The van der Waals surface area contributed by atoms with Crippen molar-refractivity contribution in [1.82, 2.24) is 29.4 Å². The number of amides is 1. The Bertz CT molecular complexity index is 1320. The SMILES string of the molecule is COc1ncc(-c2nn(-c3cnn(C(C)C4CCN(C(=O)OC(C)(C)C)CC4)c3)c3c2CCOCC3)cc1F. The Morgan fingerprint density at radius 2 is 1.92 bits per heavy atom. The average molecular weight is 541 g/mol. The summed E-state index contributed by atoms with van der Waals surface area (Å²) in [4.78, 5) is 18.4. The van der Waals surface area contributed by atoms with Crippen molar-refractivity contribution in [3.8, 4) is 22.8 Å². The van der Waals surface area contributed by atoms with Gasteiger partial charge in [0.15, 0.2) is 5.82 Å². The molecule has 5 heterocycles. The minimum Gasteiger partial charge on any atom is -0.479 e. The van der Waals surface area contributed by atoms with Gasteiger partial charge in [-0.2, -0.15) is 10.2 Å². The number of carbonyl (C=O) groups excluding carboxylic acids is 1. The molecular formula is C28H37FN6O4. The molecule has 0 bridgehead atoms. The van der Waals surface area contributed by atoms with E-state index < -0.39 is 11.4 Å². The molecule has 0 aliphatic carbocycles. The summed E-state index contributed by atoms with van der Waals surface area (Å²) in [7, 11) is 1.40. The van der Waals surface area contributed by atoms with E-state index in [1.165, 1.54) is 13.2 Å². The molecule has 3 aromatic rings. The number of pyridine rings is 1. The molecular weight excluding hydrogens is 503 g/mol. The largest absolute Gasteiger partial charge is 0.479 e. The first-order chi connectivity index (χ1) is 18.6. The monoisotopic (exact) mass is 540 g/mol. The van der Waals surface area contributed by atoms with Crippen molar-refractivity contribution in [2.24, 2.45) is 5.92 Å². The summed E-state index contributed by atoms with van der Waals surface area (Å²) in [6.07, 6.45) is 8.31. The summed E-state index contributed by atoms with van der Waals surface area (Å²) < 4.78 is 34.7. The van der Waals surface area contributed by atoms with E-state index in [9.17, 15) is 9.18 Å². The number of likely N-dealkylation sites (tertiary alicyclic amines) is 1. The van der Waals surface area contributed by atoms with Gasteiger partial charge in [0.05, 0.1) is 50.1 Å². The molecule has 10 nitrogen and oxygen atoms in total. The average Bonchev–Trinajstić information content (AvgIpc) is 3.45. The Labute approximate surface area is 228 Å². The summed E-state index contributed by atoms with van der Waals surface area (Å²) in [6, 6.07) is 1.57. The van der Waals surface area contributed by atoms with E-state index in [-0.39, 0.29) is 18.0 Å². The van der Waals surface area contributed by atoms with Crippen LogP contribution in [0.15, 0.2) is 24.7 Å². The third-order valence-corrected chi connectivity index (χ3v) is 7.47. The molecule has 1 atom stereocenters. The third-order valence-electron chi connectivity index (χ3n) is 7.47. The lowest BCUT2D eigenvalue weighted by atomic mass is 9.90. The second-order valence-corrected chi connectivity index (χ2v) is 11.2. The van der Waals surface area contributed by atoms with Gasteiger partial charge >= 0.3 is 6.09 Å². The van der Waals surface area contributed by atoms with Crippen LogP contribution in [0.5, 0.6) is 5.88 Å². The molecule has 1 amide bonds. The maximum atomic E-state index is 14.5. The Morgan fingerprint density at radius 1 is 1.18 bits per heavy atom. The molecule has 0 N–H and O–H groups in total. The highest BCUT2D eigenvalue weighted by atomic mass is 19.1. The van der Waals surface area contributed by atoms with E-state index in [4.69, 9.17) is 24.4 Å². The van der Waals surface area contributed by atoms with Crippen LogP contribution in [0.25, 0.3) is 16.9 Å². The second kappa shape index (κ2) is 11.0. The summed E-state index contributed by atoms with van der Waals surface area (Å²) in [5, 5.41) is 9.61. The number of aromatic nitrogens is 5. The highest BCUT2D eigenvalue weighted by molar-refractivity contribution is 5.68. The predicted molar refractivity (Wildman–Crippen MR) is 143 cm³/mol. The zero-order valence-corrected chi connectivity index (χ0v) is 23.3. The second-order valence-electron chi connectivity index (χ2n) is 11.2. The van der Waals surface area contributed by atoms with Crippen LogP contribution in [-0.2, 0) is 22.3 Å². The fraction of sp³-hybridized carbons (Fsp3) is 0.571. The predicted octanol–water partition coefficient (Wildman–Crippen LogP) is 4.60. The maximum Gasteiger partial charge on any atom is 0.410 e. The number of halogens is 1. The van der Waals surface area contributed by atoms with Crippen LogP contribution >= 0.6 is 0 Å². The standard InChI is InChI=1S/C28H37FN6O4/c1-18(19-6-10-33(11-7-19)27(36)39-28(2,3)4)34-17-21(16-31-34)35-24-9-13-38-12-8-22(24)25(32-35)20-14-23(29)26(37-5)30-15-20/h14-19H,6-13H2,1-5H3. The first-order valence-electron chi connectivity index (χ1n) is 13.6. The molecule has 3 aromatic heterocycles. The van der Waals surface area contributed by atoms with Crippen LogP contribution in [0.3, 0.4) is 0 Å². The van der Waals surface area contributed by atoms with Gasteiger partial charge in [-0.05, 0) is 58.9 Å². The molecule has 0 aromatic carbocycles. The Hall–Kier alpha value is -3.47. The maximum absolute atomic E-state index is 14.5. The van der Waals surface area contributed by atoms with Gasteiger partial charge in [-0.15, -0.1) is 0 Å². The summed E-state index contributed by atoms with van der Waals surface area (Å²) in [5.74, 6) is -0.189. The number of nitrogens with zero attached hydrogens (tertiary/aromatic N) is 6. The van der Waals surface area contributed by atoms with Crippen LogP contribution < -0.4 is 4.74 Å². The number of rotatable bonds is 5. The van der Waals surface area contributed by atoms with Crippen molar-refractivity contribution in [2.75, 3.05) is 33.4 Å². The summed E-state index contributed by atoms with van der Waals surface area (Å²) in [5.41, 5.74) is 3.72. The molecule has 210 valence electrons. The van der Waals surface area contributed by atoms with Crippen molar-refractivity contribution >= 4 is 6.09 Å². The normalized spacial score (nSPS) is 17.4. The van der Waals surface area contributed by atoms with Crippen LogP contribution in [0, 0.1) is 11.7 Å². The molecule has 2 aliphatic heterocycles. The molecule has 0 spiro atoms. The van der Waals surface area contributed by atoms with Crippen LogP contribution in [0.1, 0.15) is 57.8 Å². The van der Waals surface area contributed by atoms with Crippen molar-refractivity contribution in [1.29, 1.82) is 0 Å². The third kappa shape index (κ3) is 5.78. The van der Waals surface area contributed by atoms with Crippen molar-refractivity contribution < 1.29 is 23.4 Å². The van der Waals surface area contributed by atoms with E-state index in [0.29, 0.717) is 56.3 Å². The smallest absolute Gasteiger partial charge is 0.410 e. The molecule has 39 heavy (non-hydrogen) atoms. The summed E-state index contributed by atoms with van der Waals surface area (Å²) in [6.45, 7) is 10.3. The Kier molecular flexibility index (Phi) is 7.61. The molecule has 11 heteroatoms. The van der Waals surface area contributed by atoms with Gasteiger partial charge in [-0.3, -0.25) is 4.68 Å². The number of ether oxygens (including phenoxy) is 3. The van der Waals surface area contributed by atoms with Gasteiger partial charge in [-0.25, -0.2) is 18.9 Å². The lowest BCUT2D eigenvalue weighted by Crippen LogP contribution is -2.42. The van der Waals surface area contributed by atoms with E-state index >= 15 is 0 Å². The Morgan fingerprint density at radius 3 is 2.62 bits per heavy atom. The van der Waals surface area contributed by atoms with E-state index in [1.807, 2.05) is 42.5 Å². The van der Waals surface area contributed by atoms with Gasteiger partial charge in [0.1, 0.15) is 11.3 Å². The highest BCUT2D eigenvalue weighted by Crippen LogP contribution is 2.33. The fourth-order valence-corrected chi connectivity index (χ4v) is 5.37. The number of carbonyl (C=O) groups is 1. The van der Waals surface area contributed by atoms with E-state index in [2.05, 4.69) is 11.9 Å². The molecule has 5 rings (SSSR count). The first-order valence-corrected chi connectivity index (χ1v) is 13.6. The van der Waals surface area contributed by atoms with Gasteiger partial charge < -0.3 is 19.1 Å². The van der Waals surface area contributed by atoms with E-state index in [1.54, 1.807) is 11.1 Å². The van der Waals surface area contributed by atoms with Crippen LogP contribution in [-0.4, -0.2) is 74.6 Å². The van der Waals surface area contributed by atoms with Crippen molar-refractivity contribution in [2.45, 2.75) is 65.0 Å².